The molecule has 1 N–H and O–H groups in total. The van der Waals surface area contributed by atoms with Crippen LogP contribution >= 0.6 is 0 Å². The monoisotopic (exact) mass is 349 g/mol. The van der Waals surface area contributed by atoms with Crippen molar-refractivity contribution in [3.8, 4) is 0 Å². The van der Waals surface area contributed by atoms with Crippen molar-refractivity contribution in [2.75, 3.05) is 0 Å². The van der Waals surface area contributed by atoms with E-state index in [9.17, 15) is 14.4 Å². The van der Waals surface area contributed by atoms with Gasteiger partial charge in [0.1, 0.15) is 6.54 Å². The Kier molecular flexibility index (Phi) is 5.22. The Morgan fingerprint density at radius 1 is 1.08 bits per heavy atom. The van der Waals surface area contributed by atoms with Gasteiger partial charge in [-0.05, 0) is 31.0 Å². The Labute approximate surface area is 150 Å². The highest BCUT2D eigenvalue weighted by atomic mass is 16.2. The molecule has 0 radical (unpaired) electrons. The van der Waals surface area contributed by atoms with Gasteiger partial charge >= 0.3 is 0 Å². The van der Waals surface area contributed by atoms with Gasteiger partial charge in [-0.15, -0.1) is 0 Å². The molecule has 3 rings (SSSR count). The number of nitrogens with one attached hydrogen (secondary N) is 1. The van der Waals surface area contributed by atoms with E-state index in [1.165, 1.54) is 17.7 Å². The fraction of sp³-hybridized carbons (Fsp3) is 0.200. The second-order valence-corrected chi connectivity index (χ2v) is 6.09. The molecule has 2 aromatic carbocycles. The minimum absolute atomic E-state index is 0.130. The Balaban J connectivity index is 1.78. The molecule has 0 fully saturated rings. The number of aromatic nitrogens is 2. The van der Waals surface area contributed by atoms with Gasteiger partial charge in [-0.3, -0.25) is 19.0 Å². The number of para-hydroxylation sites is 2. The number of hydrogen-bond donors (Lipinski definition) is 1. The van der Waals surface area contributed by atoms with Gasteiger partial charge in [-0.2, -0.15) is 0 Å². The molecule has 0 saturated heterocycles. The standard InChI is InChI=1S/C20H19N3O3/c1-14(24)17(11-15-7-3-2-4-8-15)22-19(25)13-23-18-10-6-5-9-16(18)21-12-20(23)26/h2-10,12,17H,11,13H2,1H3,(H,22,25). The van der Waals surface area contributed by atoms with Crippen molar-refractivity contribution < 1.29 is 9.59 Å². The molecule has 6 nitrogen and oxygen atoms in total. The number of benzene rings is 2. The lowest BCUT2D eigenvalue weighted by molar-refractivity contribution is -0.127. The molecule has 0 spiro atoms. The van der Waals surface area contributed by atoms with E-state index in [2.05, 4.69) is 10.3 Å². The predicted molar refractivity (Wildman–Crippen MR) is 98.8 cm³/mol. The van der Waals surface area contributed by atoms with Gasteiger partial charge in [0.25, 0.3) is 5.56 Å². The summed E-state index contributed by atoms with van der Waals surface area (Å²) in [6.45, 7) is 1.28. The number of Topliss-reactive ketones (excluding diaryl/α,β-unsaturated/α-hetero) is 1. The van der Waals surface area contributed by atoms with Crippen LogP contribution in [0, 0.1) is 0 Å². The maximum Gasteiger partial charge on any atom is 0.269 e. The first-order valence-electron chi connectivity index (χ1n) is 8.33. The van der Waals surface area contributed by atoms with Crippen molar-refractivity contribution in [2.45, 2.75) is 25.9 Å². The second-order valence-electron chi connectivity index (χ2n) is 6.09. The third kappa shape index (κ3) is 4.03. The molecule has 1 aromatic heterocycles. The molecule has 6 heteroatoms. The molecule has 1 atom stereocenters. The molecule has 0 aliphatic heterocycles. The zero-order valence-corrected chi connectivity index (χ0v) is 14.4. The van der Waals surface area contributed by atoms with E-state index in [0.717, 1.165) is 5.56 Å². The third-order valence-corrected chi connectivity index (χ3v) is 4.16. The molecule has 0 bridgehead atoms. The van der Waals surface area contributed by atoms with Crippen molar-refractivity contribution in [2.24, 2.45) is 0 Å². The molecule has 3 aromatic rings. The number of fused-ring (bicyclic) bond motifs is 1. The topological polar surface area (TPSA) is 81.1 Å². The highest BCUT2D eigenvalue weighted by Gasteiger charge is 2.18. The zero-order valence-electron chi connectivity index (χ0n) is 14.4. The Hall–Kier alpha value is -3.28. The molecular formula is C20H19N3O3. The first-order chi connectivity index (χ1) is 12.5. The zero-order chi connectivity index (χ0) is 18.5. The highest BCUT2D eigenvalue weighted by Crippen LogP contribution is 2.08. The number of amides is 1. The lowest BCUT2D eigenvalue weighted by atomic mass is 10.0. The summed E-state index contributed by atoms with van der Waals surface area (Å²) < 4.78 is 1.36. The average Bonchev–Trinajstić information content (AvgIpc) is 2.64. The number of nitrogens with zero attached hydrogens (tertiary/aromatic N) is 2. The summed E-state index contributed by atoms with van der Waals surface area (Å²) in [5.74, 6) is -0.520. The molecule has 132 valence electrons. The van der Waals surface area contributed by atoms with Gasteiger partial charge in [-0.1, -0.05) is 42.5 Å². The molecule has 0 aliphatic rings. The lowest BCUT2D eigenvalue weighted by Crippen LogP contribution is -2.43. The summed E-state index contributed by atoms with van der Waals surface area (Å²) in [5, 5.41) is 2.74. The number of carbonyl (C=O) groups is 2. The van der Waals surface area contributed by atoms with E-state index in [4.69, 9.17) is 0 Å². The van der Waals surface area contributed by atoms with Crippen LogP contribution in [0.5, 0.6) is 0 Å². The van der Waals surface area contributed by atoms with E-state index >= 15 is 0 Å². The summed E-state index contributed by atoms with van der Waals surface area (Å²) in [6.07, 6.45) is 1.61. The first-order valence-corrected chi connectivity index (χ1v) is 8.33. The molecule has 0 saturated carbocycles. The van der Waals surface area contributed by atoms with E-state index in [0.29, 0.717) is 17.5 Å². The van der Waals surface area contributed by atoms with Crippen LogP contribution in [0.25, 0.3) is 11.0 Å². The molecule has 1 amide bonds. The largest absolute Gasteiger partial charge is 0.344 e. The van der Waals surface area contributed by atoms with Crippen molar-refractivity contribution >= 4 is 22.7 Å². The fourth-order valence-electron chi connectivity index (χ4n) is 2.81. The summed E-state index contributed by atoms with van der Waals surface area (Å²) in [5.41, 5.74) is 1.81. The van der Waals surface area contributed by atoms with Crippen molar-refractivity contribution in [1.82, 2.24) is 14.9 Å². The molecular weight excluding hydrogens is 330 g/mol. The van der Waals surface area contributed by atoms with Crippen LogP contribution in [0.15, 0.2) is 65.6 Å². The summed E-state index contributed by atoms with van der Waals surface area (Å²) in [6, 6.07) is 16.0. The Morgan fingerprint density at radius 3 is 2.50 bits per heavy atom. The van der Waals surface area contributed by atoms with Crippen molar-refractivity contribution in [3.05, 3.63) is 76.7 Å². The second kappa shape index (κ2) is 7.74. The predicted octanol–water partition coefficient (Wildman–Crippen LogP) is 1.71. The van der Waals surface area contributed by atoms with E-state index in [-0.39, 0.29) is 23.8 Å². The lowest BCUT2D eigenvalue weighted by Gasteiger charge is -2.17. The quantitative estimate of drug-likeness (QED) is 0.735. The number of ketones is 1. The first kappa shape index (κ1) is 17.5. The van der Waals surface area contributed by atoms with Crippen molar-refractivity contribution in [1.29, 1.82) is 0 Å². The van der Waals surface area contributed by atoms with Gasteiger partial charge in [0.2, 0.25) is 5.91 Å². The van der Waals surface area contributed by atoms with Crippen LogP contribution in [-0.2, 0) is 22.6 Å². The average molecular weight is 349 g/mol. The summed E-state index contributed by atoms with van der Waals surface area (Å²) >= 11 is 0. The maximum absolute atomic E-state index is 12.5. The molecule has 26 heavy (non-hydrogen) atoms. The maximum atomic E-state index is 12.5. The Morgan fingerprint density at radius 2 is 1.77 bits per heavy atom. The molecule has 0 aliphatic carbocycles. The van der Waals surface area contributed by atoms with E-state index < -0.39 is 6.04 Å². The van der Waals surface area contributed by atoms with Crippen molar-refractivity contribution in [3.63, 3.8) is 0 Å². The van der Waals surface area contributed by atoms with Crippen LogP contribution in [0.2, 0.25) is 0 Å². The molecule has 1 unspecified atom stereocenters. The van der Waals surface area contributed by atoms with Crippen LogP contribution in [0.3, 0.4) is 0 Å². The molecule has 1 heterocycles. The number of carbonyl (C=O) groups excluding carboxylic acids is 2. The van der Waals surface area contributed by atoms with Crippen LogP contribution in [0.4, 0.5) is 0 Å². The van der Waals surface area contributed by atoms with Gasteiger partial charge in [0.05, 0.1) is 23.3 Å². The van der Waals surface area contributed by atoms with Gasteiger partial charge in [0, 0.05) is 0 Å². The minimum Gasteiger partial charge on any atom is -0.344 e. The van der Waals surface area contributed by atoms with Crippen LogP contribution < -0.4 is 10.9 Å². The van der Waals surface area contributed by atoms with Gasteiger partial charge < -0.3 is 5.32 Å². The Bertz CT molecular complexity index is 996. The summed E-state index contributed by atoms with van der Waals surface area (Å²) in [4.78, 5) is 40.6. The number of rotatable bonds is 6. The van der Waals surface area contributed by atoms with Crippen LogP contribution in [-0.4, -0.2) is 27.3 Å². The van der Waals surface area contributed by atoms with Gasteiger partial charge in [0.15, 0.2) is 5.78 Å². The fourth-order valence-corrected chi connectivity index (χ4v) is 2.81. The SMILES string of the molecule is CC(=O)C(Cc1ccccc1)NC(=O)Cn1c(=O)cnc2ccccc21. The smallest absolute Gasteiger partial charge is 0.269 e. The minimum atomic E-state index is -0.631. The highest BCUT2D eigenvalue weighted by molar-refractivity contribution is 5.88. The van der Waals surface area contributed by atoms with Crippen LogP contribution in [0.1, 0.15) is 12.5 Å². The van der Waals surface area contributed by atoms with Gasteiger partial charge in [-0.25, -0.2) is 4.98 Å². The van der Waals surface area contributed by atoms with E-state index in [1.54, 1.807) is 18.2 Å². The third-order valence-electron chi connectivity index (χ3n) is 4.16. The van der Waals surface area contributed by atoms with E-state index in [1.807, 2.05) is 36.4 Å². The normalized spacial score (nSPS) is 11.9. The summed E-state index contributed by atoms with van der Waals surface area (Å²) in [7, 11) is 0. The number of hydrogen-bond acceptors (Lipinski definition) is 4.